The van der Waals surface area contributed by atoms with Gasteiger partial charge in [-0.05, 0) is 36.5 Å². The number of fused-ring (bicyclic) bond motifs is 2. The van der Waals surface area contributed by atoms with Gasteiger partial charge in [0.25, 0.3) is 0 Å². The van der Waals surface area contributed by atoms with Crippen LogP contribution in [0.2, 0.25) is 0 Å². The number of hydrogen-bond acceptors (Lipinski definition) is 5. The van der Waals surface area contributed by atoms with E-state index in [1.54, 1.807) is 12.1 Å². The molecule has 0 radical (unpaired) electrons. The van der Waals surface area contributed by atoms with Crippen molar-refractivity contribution in [1.29, 1.82) is 0 Å². The fourth-order valence-electron chi connectivity index (χ4n) is 5.62. The molecule has 1 saturated heterocycles. The number of benzene rings is 1. The summed E-state index contributed by atoms with van der Waals surface area (Å²) >= 11 is 0. The van der Waals surface area contributed by atoms with Gasteiger partial charge in [-0.3, -0.25) is 4.79 Å². The topological polar surface area (TPSA) is 104 Å². The number of phenolic OH excluding ortho intramolecular Hbond substituents is 2. The third kappa shape index (κ3) is 3.42. The predicted octanol–water partition coefficient (Wildman–Crippen LogP) is 1.49. The van der Waals surface area contributed by atoms with E-state index in [1.165, 1.54) is 11.6 Å². The van der Waals surface area contributed by atoms with E-state index < -0.39 is 6.10 Å². The number of aliphatic hydroxyl groups is 1. The highest BCUT2D eigenvalue weighted by Crippen LogP contribution is 2.55. The largest absolute Gasteiger partial charge is 0.504 e. The Morgan fingerprint density at radius 2 is 2.07 bits per heavy atom. The van der Waals surface area contributed by atoms with Crippen molar-refractivity contribution in [1.82, 2.24) is 0 Å². The van der Waals surface area contributed by atoms with Crippen molar-refractivity contribution in [3.63, 3.8) is 0 Å². The Labute approximate surface area is 171 Å². The number of rotatable bonds is 5. The zero-order valence-corrected chi connectivity index (χ0v) is 17.2. The lowest BCUT2D eigenvalue weighted by Crippen LogP contribution is -2.86. The summed E-state index contributed by atoms with van der Waals surface area (Å²) in [6, 6.07) is 4.83. The average molecular weight is 403 g/mol. The van der Waals surface area contributed by atoms with Gasteiger partial charge in [-0.25, -0.2) is 0 Å². The number of nitrogens with two attached hydrogens (primary N) is 1. The van der Waals surface area contributed by atoms with Crippen molar-refractivity contribution in [2.75, 3.05) is 13.1 Å². The number of aromatic hydroxyl groups is 2. The van der Waals surface area contributed by atoms with E-state index in [2.05, 4.69) is 25.2 Å². The zero-order valence-electron chi connectivity index (χ0n) is 17.2. The number of carbonyl (C=O) groups excluding carboxylic acids is 1. The highest BCUT2D eigenvalue weighted by molar-refractivity contribution is 5.76. The Bertz CT molecular complexity index is 821. The summed E-state index contributed by atoms with van der Waals surface area (Å²) in [6.45, 7) is 5.71. The minimum Gasteiger partial charge on any atom is -0.504 e. The molecule has 3 aliphatic rings. The van der Waals surface area contributed by atoms with Gasteiger partial charge in [0.1, 0.15) is 12.0 Å². The maximum Gasteiger partial charge on any atom is 0.315 e. The molecule has 0 bridgehead atoms. The molecule has 0 aromatic heterocycles. The van der Waals surface area contributed by atoms with E-state index in [9.17, 15) is 20.1 Å². The number of carbonyl (C=O) groups is 1. The van der Waals surface area contributed by atoms with E-state index in [0.717, 1.165) is 31.4 Å². The molecule has 2 fully saturated rings. The second kappa shape index (κ2) is 7.65. The van der Waals surface area contributed by atoms with Crippen molar-refractivity contribution < 1.29 is 30.2 Å². The molecule has 1 heterocycles. The van der Waals surface area contributed by atoms with Crippen LogP contribution in [0.1, 0.15) is 38.7 Å². The van der Waals surface area contributed by atoms with Gasteiger partial charge in [-0.2, -0.15) is 0 Å². The first kappa shape index (κ1) is 20.2. The molecule has 158 valence electrons. The Morgan fingerprint density at radius 3 is 2.83 bits per heavy atom. The number of quaternary nitrogens is 1. The summed E-state index contributed by atoms with van der Waals surface area (Å²) < 4.78 is 5.70. The van der Waals surface area contributed by atoms with Gasteiger partial charge in [-0.15, -0.1) is 0 Å². The predicted molar refractivity (Wildman–Crippen MR) is 107 cm³/mol. The maximum atomic E-state index is 12.6. The molecule has 0 unspecified atom stereocenters. The molecule has 0 spiro atoms. The summed E-state index contributed by atoms with van der Waals surface area (Å²) in [6.07, 6.45) is 5.04. The van der Waals surface area contributed by atoms with Crippen LogP contribution in [-0.4, -0.2) is 46.6 Å². The Hall–Kier alpha value is -2.05. The molecule has 29 heavy (non-hydrogen) atoms. The summed E-state index contributed by atoms with van der Waals surface area (Å²) in [5, 5.41) is 32.4. The van der Waals surface area contributed by atoms with Crippen LogP contribution in [0.3, 0.4) is 0 Å². The first-order valence-corrected chi connectivity index (χ1v) is 10.7. The second-order valence-electron chi connectivity index (χ2n) is 9.18. The molecule has 5 N–H and O–H groups in total. The molecular formula is C23H32NO5+. The summed E-state index contributed by atoms with van der Waals surface area (Å²) in [4.78, 5) is 12.6. The molecule has 1 aromatic carbocycles. The minimum atomic E-state index is -0.568. The Balaban J connectivity index is 1.40. The van der Waals surface area contributed by atoms with E-state index in [-0.39, 0.29) is 40.8 Å². The van der Waals surface area contributed by atoms with E-state index in [0.29, 0.717) is 18.9 Å². The quantitative estimate of drug-likeness (QED) is 0.259. The SMILES string of the molecule is C[C@H]1CCC=C2C[C@H]3OC(=O)[C@@H](C[NH2+]CCc4ccc(O)c(O)c4)[C@H]3[C@@H](O)[C@@]21C. The van der Waals surface area contributed by atoms with Crippen LogP contribution in [0.25, 0.3) is 0 Å². The lowest BCUT2D eigenvalue weighted by atomic mass is 9.55. The van der Waals surface area contributed by atoms with Crippen LogP contribution in [0, 0.1) is 23.2 Å². The van der Waals surface area contributed by atoms with Gasteiger partial charge in [0.15, 0.2) is 11.5 Å². The maximum absolute atomic E-state index is 12.6. The molecule has 0 amide bonds. The van der Waals surface area contributed by atoms with Crippen molar-refractivity contribution in [3.8, 4) is 11.5 Å². The molecular weight excluding hydrogens is 370 g/mol. The van der Waals surface area contributed by atoms with Gasteiger partial charge >= 0.3 is 5.97 Å². The van der Waals surface area contributed by atoms with Crippen molar-refractivity contribution in [2.45, 2.75) is 51.7 Å². The number of hydrogen-bond donors (Lipinski definition) is 4. The lowest BCUT2D eigenvalue weighted by Gasteiger charge is -2.51. The Kier molecular flexibility index (Phi) is 5.34. The first-order valence-electron chi connectivity index (χ1n) is 10.7. The van der Waals surface area contributed by atoms with Crippen molar-refractivity contribution in [2.24, 2.45) is 23.2 Å². The molecule has 1 aromatic rings. The van der Waals surface area contributed by atoms with Gasteiger partial charge in [0, 0.05) is 24.2 Å². The van der Waals surface area contributed by atoms with Crippen LogP contribution in [0.4, 0.5) is 0 Å². The van der Waals surface area contributed by atoms with Gasteiger partial charge in [-0.1, -0.05) is 31.6 Å². The van der Waals surface area contributed by atoms with Crippen molar-refractivity contribution in [3.05, 3.63) is 35.4 Å². The highest BCUT2D eigenvalue weighted by atomic mass is 16.6. The summed E-state index contributed by atoms with van der Waals surface area (Å²) in [5.74, 6) is -0.486. The molecule has 4 rings (SSSR count). The van der Waals surface area contributed by atoms with Crippen LogP contribution < -0.4 is 5.32 Å². The number of aliphatic hydroxyl groups excluding tert-OH is 1. The molecule has 1 aliphatic heterocycles. The van der Waals surface area contributed by atoms with Gasteiger partial charge in [0.05, 0.1) is 19.2 Å². The zero-order chi connectivity index (χ0) is 20.8. The number of ether oxygens (including phenoxy) is 1. The Morgan fingerprint density at radius 1 is 1.28 bits per heavy atom. The third-order valence-electron chi connectivity index (χ3n) is 7.67. The summed E-state index contributed by atoms with van der Waals surface area (Å²) in [7, 11) is 0. The average Bonchev–Trinajstić information content (AvgIpc) is 2.99. The standard InChI is InChI=1S/C23H31NO5/c1-13-4-3-5-15-11-19-20(21(27)23(13,15)2)16(22(28)29-19)12-24-9-8-14-6-7-17(25)18(26)10-14/h5-7,10,13,16,19-21,24-27H,3-4,8-9,11-12H2,1-2H3/p+1/t13-,16-,19+,20+,21+,23+/m0/s1. The van der Waals surface area contributed by atoms with Crippen LogP contribution in [0.15, 0.2) is 29.8 Å². The number of allylic oxidation sites excluding steroid dienone is 1. The van der Waals surface area contributed by atoms with Crippen LogP contribution in [-0.2, 0) is 16.0 Å². The first-order chi connectivity index (χ1) is 13.8. The van der Waals surface area contributed by atoms with Crippen LogP contribution in [0.5, 0.6) is 11.5 Å². The fraction of sp³-hybridized carbons (Fsp3) is 0.609. The van der Waals surface area contributed by atoms with E-state index in [1.807, 2.05) is 0 Å². The molecule has 1 saturated carbocycles. The van der Waals surface area contributed by atoms with E-state index in [4.69, 9.17) is 4.74 Å². The van der Waals surface area contributed by atoms with Crippen molar-refractivity contribution >= 4 is 5.97 Å². The number of phenols is 2. The molecule has 2 aliphatic carbocycles. The lowest BCUT2D eigenvalue weighted by molar-refractivity contribution is -0.659. The fourth-order valence-corrected chi connectivity index (χ4v) is 5.62. The normalized spacial score (nSPS) is 36.2. The monoisotopic (exact) mass is 402 g/mol. The minimum absolute atomic E-state index is 0.117. The van der Waals surface area contributed by atoms with Gasteiger partial charge < -0.3 is 25.4 Å². The molecule has 6 nitrogen and oxygen atoms in total. The van der Waals surface area contributed by atoms with E-state index >= 15 is 0 Å². The summed E-state index contributed by atoms with van der Waals surface area (Å²) in [5.41, 5.74) is 1.92. The second-order valence-corrected chi connectivity index (χ2v) is 9.18. The molecule has 6 atom stereocenters. The third-order valence-corrected chi connectivity index (χ3v) is 7.67. The smallest absolute Gasteiger partial charge is 0.315 e. The van der Waals surface area contributed by atoms with Gasteiger partial charge in [0.2, 0.25) is 0 Å². The number of esters is 1. The molecule has 6 heteroatoms. The van der Waals surface area contributed by atoms with Crippen LogP contribution >= 0.6 is 0 Å². The highest BCUT2D eigenvalue weighted by Gasteiger charge is 2.60.